The Balaban J connectivity index is 1.37. The summed E-state index contributed by atoms with van der Waals surface area (Å²) in [4.78, 5) is 26.4. The molecule has 1 aromatic heterocycles. The first-order chi connectivity index (χ1) is 14.7. The Hall–Kier alpha value is -2.61. The summed E-state index contributed by atoms with van der Waals surface area (Å²) < 4.78 is 11.2. The normalized spacial score (nSPS) is 15.7. The van der Waals surface area contributed by atoms with Crippen molar-refractivity contribution < 1.29 is 19.1 Å². The molecule has 1 N–H and O–H groups in total. The fourth-order valence-corrected chi connectivity index (χ4v) is 4.82. The maximum atomic E-state index is 12.7. The van der Waals surface area contributed by atoms with Gasteiger partial charge in [-0.15, -0.1) is 23.1 Å². The van der Waals surface area contributed by atoms with Crippen LogP contribution in [0.2, 0.25) is 0 Å². The molecule has 1 atom stereocenters. The molecular weight excluding hydrogens is 418 g/mol. The lowest BCUT2D eigenvalue weighted by atomic mass is 10.2. The fourth-order valence-electron chi connectivity index (χ4n) is 3.09. The summed E-state index contributed by atoms with van der Waals surface area (Å²) in [5.74, 6) is 0.684. The zero-order valence-corrected chi connectivity index (χ0v) is 17.8. The van der Waals surface area contributed by atoms with Crippen molar-refractivity contribution in [3.05, 3.63) is 76.5 Å². The summed E-state index contributed by atoms with van der Waals surface area (Å²) in [5, 5.41) is 4.68. The molecule has 7 heteroatoms. The molecule has 3 aromatic rings. The van der Waals surface area contributed by atoms with Gasteiger partial charge in [0.25, 0.3) is 5.91 Å². The number of thioether (sulfide) groups is 1. The molecule has 1 saturated heterocycles. The number of esters is 1. The summed E-state index contributed by atoms with van der Waals surface area (Å²) in [7, 11) is 0. The molecule has 1 fully saturated rings. The van der Waals surface area contributed by atoms with Gasteiger partial charge in [0, 0.05) is 22.9 Å². The third kappa shape index (κ3) is 5.30. The van der Waals surface area contributed by atoms with Crippen LogP contribution in [-0.2, 0) is 4.74 Å². The van der Waals surface area contributed by atoms with Gasteiger partial charge in [0.2, 0.25) is 0 Å². The minimum absolute atomic E-state index is 0.160. The average Bonchev–Trinajstić information content (AvgIpc) is 3.48. The second kappa shape index (κ2) is 9.93. The highest BCUT2D eigenvalue weighted by molar-refractivity contribution is 7.99. The highest BCUT2D eigenvalue weighted by Gasteiger charge is 2.19. The van der Waals surface area contributed by atoms with Crippen LogP contribution in [0, 0.1) is 0 Å². The maximum absolute atomic E-state index is 12.7. The number of anilines is 1. The Morgan fingerprint density at radius 2 is 1.93 bits per heavy atom. The number of benzene rings is 2. The van der Waals surface area contributed by atoms with Gasteiger partial charge in [0.05, 0.1) is 16.5 Å². The topological polar surface area (TPSA) is 64.6 Å². The second-order valence-corrected chi connectivity index (χ2v) is 8.80. The summed E-state index contributed by atoms with van der Waals surface area (Å²) in [6, 6.07) is 17.8. The number of hydrogen-bond donors (Lipinski definition) is 1. The molecule has 30 heavy (non-hydrogen) atoms. The third-order valence-corrected chi connectivity index (χ3v) is 6.70. The van der Waals surface area contributed by atoms with E-state index in [4.69, 9.17) is 9.47 Å². The van der Waals surface area contributed by atoms with Gasteiger partial charge in [-0.1, -0.05) is 18.2 Å². The van der Waals surface area contributed by atoms with Gasteiger partial charge in [0.1, 0.15) is 5.75 Å². The van der Waals surface area contributed by atoms with E-state index in [-0.39, 0.29) is 12.0 Å². The smallest absolute Gasteiger partial charge is 0.344 e. The van der Waals surface area contributed by atoms with E-state index in [1.165, 1.54) is 11.3 Å². The summed E-state index contributed by atoms with van der Waals surface area (Å²) in [6.07, 6.45) is 2.41. The van der Waals surface area contributed by atoms with Crippen LogP contribution >= 0.6 is 23.1 Å². The summed E-state index contributed by atoms with van der Waals surface area (Å²) in [6.45, 7) is 0.818. The molecular formula is C23H21NO4S2. The highest BCUT2D eigenvalue weighted by atomic mass is 32.2. The van der Waals surface area contributed by atoms with E-state index in [0.717, 1.165) is 30.1 Å². The number of carbonyl (C=O) groups is 2. The van der Waals surface area contributed by atoms with Crippen molar-refractivity contribution in [3.8, 4) is 5.75 Å². The molecule has 1 unspecified atom stereocenters. The number of ether oxygens (including phenoxy) is 2. The fraction of sp³-hybridized carbons (Fsp3) is 0.217. The SMILES string of the molecule is O=C(Nc1ccc(OC(=O)c2ccccc2SCC2CCCO2)cc1)c1cccs1. The Kier molecular flexibility index (Phi) is 6.84. The van der Waals surface area contributed by atoms with E-state index >= 15 is 0 Å². The second-order valence-electron chi connectivity index (χ2n) is 6.79. The van der Waals surface area contributed by atoms with Crippen LogP contribution in [0.3, 0.4) is 0 Å². The largest absolute Gasteiger partial charge is 0.423 e. The first-order valence-corrected chi connectivity index (χ1v) is 11.6. The van der Waals surface area contributed by atoms with Crippen LogP contribution in [0.25, 0.3) is 0 Å². The predicted octanol–water partition coefficient (Wildman–Crippen LogP) is 5.49. The first kappa shape index (κ1) is 20.7. The molecule has 0 saturated carbocycles. The predicted molar refractivity (Wildman–Crippen MR) is 120 cm³/mol. The van der Waals surface area contributed by atoms with Crippen LogP contribution in [-0.4, -0.2) is 30.3 Å². The van der Waals surface area contributed by atoms with Crippen LogP contribution in [0.4, 0.5) is 5.69 Å². The number of rotatable bonds is 7. The minimum Gasteiger partial charge on any atom is -0.423 e. The van der Waals surface area contributed by atoms with Crippen LogP contribution in [0.1, 0.15) is 32.9 Å². The van der Waals surface area contributed by atoms with Crippen molar-refractivity contribution in [1.29, 1.82) is 0 Å². The molecule has 1 aliphatic heterocycles. The lowest BCUT2D eigenvalue weighted by Crippen LogP contribution is -2.12. The Morgan fingerprint density at radius 1 is 1.10 bits per heavy atom. The molecule has 0 radical (unpaired) electrons. The van der Waals surface area contributed by atoms with Crippen LogP contribution in [0.15, 0.2) is 70.9 Å². The Labute approximate surface area is 183 Å². The molecule has 5 nitrogen and oxygen atoms in total. The molecule has 0 spiro atoms. The van der Waals surface area contributed by atoms with Crippen molar-refractivity contribution in [3.63, 3.8) is 0 Å². The third-order valence-electron chi connectivity index (χ3n) is 4.62. The van der Waals surface area contributed by atoms with E-state index in [1.807, 2.05) is 29.6 Å². The number of carbonyl (C=O) groups excluding carboxylic acids is 2. The molecule has 154 valence electrons. The van der Waals surface area contributed by atoms with Gasteiger partial charge in [-0.2, -0.15) is 0 Å². The molecule has 4 rings (SSSR count). The number of amides is 1. The Bertz CT molecular complexity index is 996. The van der Waals surface area contributed by atoms with E-state index in [0.29, 0.717) is 21.9 Å². The van der Waals surface area contributed by atoms with Gasteiger partial charge < -0.3 is 14.8 Å². The van der Waals surface area contributed by atoms with Crippen molar-refractivity contribution >= 4 is 40.7 Å². The molecule has 0 bridgehead atoms. The molecule has 0 aliphatic carbocycles. The standard InChI is InChI=1S/C23H21NO4S2/c25-22(21-8-4-14-29-21)24-16-9-11-17(12-10-16)28-23(26)19-6-1-2-7-20(19)30-15-18-5-3-13-27-18/h1-2,4,6-12,14,18H,3,5,13,15H2,(H,24,25). The van der Waals surface area contributed by atoms with Gasteiger partial charge in [-0.05, 0) is 60.7 Å². The van der Waals surface area contributed by atoms with Crippen molar-refractivity contribution in [2.45, 2.75) is 23.8 Å². The van der Waals surface area contributed by atoms with E-state index in [9.17, 15) is 9.59 Å². The number of thiophene rings is 1. The number of nitrogens with one attached hydrogen (secondary N) is 1. The monoisotopic (exact) mass is 439 g/mol. The van der Waals surface area contributed by atoms with Gasteiger partial charge in [0.15, 0.2) is 0 Å². The zero-order chi connectivity index (χ0) is 20.8. The zero-order valence-electron chi connectivity index (χ0n) is 16.2. The van der Waals surface area contributed by atoms with E-state index < -0.39 is 5.97 Å². The van der Waals surface area contributed by atoms with Gasteiger partial charge >= 0.3 is 5.97 Å². The number of hydrogen-bond acceptors (Lipinski definition) is 6. The maximum Gasteiger partial charge on any atom is 0.344 e. The van der Waals surface area contributed by atoms with E-state index in [2.05, 4.69) is 5.32 Å². The van der Waals surface area contributed by atoms with E-state index in [1.54, 1.807) is 48.2 Å². The minimum atomic E-state index is -0.402. The summed E-state index contributed by atoms with van der Waals surface area (Å²) >= 11 is 3.00. The summed E-state index contributed by atoms with van der Waals surface area (Å²) in [5.41, 5.74) is 1.18. The Morgan fingerprint density at radius 3 is 2.67 bits per heavy atom. The molecule has 2 aromatic carbocycles. The molecule has 1 aliphatic rings. The average molecular weight is 440 g/mol. The first-order valence-electron chi connectivity index (χ1n) is 9.69. The highest BCUT2D eigenvalue weighted by Crippen LogP contribution is 2.28. The van der Waals surface area contributed by atoms with Crippen LogP contribution in [0.5, 0.6) is 5.75 Å². The quantitative estimate of drug-likeness (QED) is 0.300. The van der Waals surface area contributed by atoms with Gasteiger partial charge in [-0.3, -0.25) is 4.79 Å². The lowest BCUT2D eigenvalue weighted by Gasteiger charge is -2.12. The van der Waals surface area contributed by atoms with Crippen molar-refractivity contribution in [1.82, 2.24) is 0 Å². The van der Waals surface area contributed by atoms with Crippen molar-refractivity contribution in [2.24, 2.45) is 0 Å². The van der Waals surface area contributed by atoms with Crippen molar-refractivity contribution in [2.75, 3.05) is 17.7 Å². The molecule has 1 amide bonds. The molecule has 2 heterocycles. The van der Waals surface area contributed by atoms with Gasteiger partial charge in [-0.25, -0.2) is 4.79 Å². The van der Waals surface area contributed by atoms with Crippen LogP contribution < -0.4 is 10.1 Å². The lowest BCUT2D eigenvalue weighted by molar-refractivity contribution is 0.0730.